The minimum Gasteiger partial charge on any atom is -0.506 e. The Morgan fingerprint density at radius 1 is 1.23 bits per heavy atom. The van der Waals surface area contributed by atoms with Crippen LogP contribution in [-0.4, -0.2) is 34.4 Å². The molecule has 0 spiro atoms. The number of phenolic OH excluding ortho intramolecular Hbond substituents is 1. The number of phenols is 1. The van der Waals surface area contributed by atoms with E-state index >= 15 is 0 Å². The van der Waals surface area contributed by atoms with Crippen LogP contribution in [0.4, 0.5) is 0 Å². The number of rotatable bonds is 7. The normalized spacial score (nSPS) is 12.1. The molecule has 0 amide bonds. The lowest BCUT2D eigenvalue weighted by Gasteiger charge is -2.09. The highest BCUT2D eigenvalue weighted by atomic mass is 35.5. The molecule has 1 unspecified atom stereocenters. The van der Waals surface area contributed by atoms with E-state index in [0.29, 0.717) is 12.1 Å². The monoisotopic (exact) mass is 326 g/mol. The van der Waals surface area contributed by atoms with Gasteiger partial charge in [-0.25, -0.2) is 0 Å². The number of aromatic amines is 1. The van der Waals surface area contributed by atoms with E-state index < -0.39 is 0 Å². The Kier molecular flexibility index (Phi) is 7.38. The molecule has 1 aromatic carbocycles. The molecule has 6 heteroatoms. The summed E-state index contributed by atoms with van der Waals surface area (Å²) in [7, 11) is 0. The minimum atomic E-state index is -0.317. The molecule has 0 bridgehead atoms. The number of hydrogen-bond donors (Lipinski definition) is 4. The molecule has 1 heterocycles. The third-order valence-corrected chi connectivity index (χ3v) is 3.45. The van der Waals surface area contributed by atoms with Crippen molar-refractivity contribution in [1.82, 2.24) is 10.3 Å². The summed E-state index contributed by atoms with van der Waals surface area (Å²) in [6, 6.07) is 6.77. The van der Waals surface area contributed by atoms with E-state index in [9.17, 15) is 9.90 Å². The largest absolute Gasteiger partial charge is 0.506 e. The number of H-pyrrole nitrogens is 1. The van der Waals surface area contributed by atoms with Gasteiger partial charge < -0.3 is 20.5 Å². The molecule has 2 rings (SSSR count). The van der Waals surface area contributed by atoms with Gasteiger partial charge in [0.15, 0.2) is 0 Å². The Balaban J connectivity index is 0.00000242. The topological polar surface area (TPSA) is 85.3 Å². The van der Waals surface area contributed by atoms with Gasteiger partial charge in [0.25, 0.3) is 0 Å². The van der Waals surface area contributed by atoms with E-state index in [0.717, 1.165) is 36.8 Å². The summed E-state index contributed by atoms with van der Waals surface area (Å²) in [5.74, 6) is 0.102. The second kappa shape index (κ2) is 8.78. The van der Waals surface area contributed by atoms with Gasteiger partial charge in [0, 0.05) is 18.0 Å². The van der Waals surface area contributed by atoms with Crippen LogP contribution in [0, 0.1) is 0 Å². The first-order valence-electron chi connectivity index (χ1n) is 7.30. The van der Waals surface area contributed by atoms with Gasteiger partial charge in [-0.2, -0.15) is 0 Å². The van der Waals surface area contributed by atoms with E-state index in [-0.39, 0.29) is 29.8 Å². The number of aliphatic hydroxyl groups excluding tert-OH is 1. The quantitative estimate of drug-likeness (QED) is 0.586. The molecule has 1 aromatic heterocycles. The lowest BCUT2D eigenvalue weighted by molar-refractivity contribution is 0.191. The first kappa shape index (κ1) is 18.5. The summed E-state index contributed by atoms with van der Waals surface area (Å²) in [4.78, 5) is 14.0. The summed E-state index contributed by atoms with van der Waals surface area (Å²) in [5, 5.41) is 23.0. The SMILES string of the molecule is CC(O)CNCCCCc1ccc(O)c2[nH]c(=O)ccc12.Cl. The van der Waals surface area contributed by atoms with Crippen molar-refractivity contribution in [3.05, 3.63) is 40.2 Å². The van der Waals surface area contributed by atoms with Crippen molar-refractivity contribution < 1.29 is 10.2 Å². The molecule has 0 saturated heterocycles. The lowest BCUT2D eigenvalue weighted by Crippen LogP contribution is -2.25. The zero-order chi connectivity index (χ0) is 15.2. The summed E-state index contributed by atoms with van der Waals surface area (Å²) >= 11 is 0. The number of fused-ring (bicyclic) bond motifs is 1. The van der Waals surface area contributed by atoms with E-state index in [1.807, 2.05) is 6.07 Å². The zero-order valence-electron chi connectivity index (χ0n) is 12.6. The molecule has 0 aliphatic heterocycles. The first-order chi connectivity index (χ1) is 10.1. The number of hydrogen-bond acceptors (Lipinski definition) is 4. The molecule has 5 nitrogen and oxygen atoms in total. The van der Waals surface area contributed by atoms with Crippen molar-refractivity contribution in [2.75, 3.05) is 13.1 Å². The van der Waals surface area contributed by atoms with Crippen LogP contribution in [0.5, 0.6) is 5.75 Å². The fraction of sp³-hybridized carbons (Fsp3) is 0.438. The van der Waals surface area contributed by atoms with E-state index in [1.165, 1.54) is 6.07 Å². The van der Waals surface area contributed by atoms with Crippen LogP contribution in [0.15, 0.2) is 29.1 Å². The van der Waals surface area contributed by atoms with Crippen LogP contribution in [0.3, 0.4) is 0 Å². The van der Waals surface area contributed by atoms with Crippen LogP contribution in [0.2, 0.25) is 0 Å². The predicted molar refractivity (Wildman–Crippen MR) is 91.0 cm³/mol. The number of unbranched alkanes of at least 4 members (excludes halogenated alkanes) is 1. The molecule has 4 N–H and O–H groups in total. The van der Waals surface area contributed by atoms with Gasteiger partial charge in [0.2, 0.25) is 5.56 Å². The maximum atomic E-state index is 11.3. The Hall–Kier alpha value is -1.56. The highest BCUT2D eigenvalue weighted by molar-refractivity contribution is 5.87. The number of benzene rings is 1. The van der Waals surface area contributed by atoms with Gasteiger partial charge in [-0.3, -0.25) is 4.79 Å². The van der Waals surface area contributed by atoms with Crippen LogP contribution in [-0.2, 0) is 6.42 Å². The first-order valence-corrected chi connectivity index (χ1v) is 7.30. The fourth-order valence-electron chi connectivity index (χ4n) is 2.39. The van der Waals surface area contributed by atoms with E-state index in [1.54, 1.807) is 19.1 Å². The van der Waals surface area contributed by atoms with Gasteiger partial charge >= 0.3 is 0 Å². The second-order valence-corrected chi connectivity index (χ2v) is 5.37. The number of pyridine rings is 1. The second-order valence-electron chi connectivity index (χ2n) is 5.37. The summed E-state index contributed by atoms with van der Waals surface area (Å²) in [6.07, 6.45) is 2.59. The number of nitrogens with one attached hydrogen (secondary N) is 2. The van der Waals surface area contributed by atoms with Gasteiger partial charge in [-0.1, -0.05) is 6.07 Å². The van der Waals surface area contributed by atoms with Crippen LogP contribution in [0.25, 0.3) is 10.9 Å². The van der Waals surface area contributed by atoms with Crippen molar-refractivity contribution in [2.24, 2.45) is 0 Å². The van der Waals surface area contributed by atoms with Gasteiger partial charge in [0.05, 0.1) is 11.6 Å². The van der Waals surface area contributed by atoms with Crippen molar-refractivity contribution in [2.45, 2.75) is 32.3 Å². The number of aliphatic hydroxyl groups is 1. The molecule has 0 radical (unpaired) electrons. The highest BCUT2D eigenvalue weighted by Gasteiger charge is 2.06. The van der Waals surface area contributed by atoms with Gasteiger partial charge in [-0.15, -0.1) is 12.4 Å². The summed E-state index contributed by atoms with van der Waals surface area (Å²) in [6.45, 7) is 3.25. The number of aryl methyl sites for hydroxylation is 1. The van der Waals surface area contributed by atoms with Crippen molar-refractivity contribution in [3.63, 3.8) is 0 Å². The summed E-state index contributed by atoms with van der Waals surface area (Å²) < 4.78 is 0. The molecule has 1 atom stereocenters. The Labute approximate surface area is 135 Å². The molecule has 0 aliphatic carbocycles. The fourth-order valence-corrected chi connectivity index (χ4v) is 2.39. The van der Waals surface area contributed by atoms with E-state index in [2.05, 4.69) is 10.3 Å². The standard InChI is InChI=1S/C16H22N2O3.ClH/c1-11(19)10-17-9-3-2-4-12-5-7-14(20)16-13(12)6-8-15(21)18-16;/h5-8,11,17,19-20H,2-4,9-10H2,1H3,(H,18,21);1H. The molecular formula is C16H23ClN2O3. The van der Waals surface area contributed by atoms with Crippen molar-refractivity contribution >= 4 is 23.3 Å². The Bertz CT molecular complexity index is 655. The molecule has 22 heavy (non-hydrogen) atoms. The van der Waals surface area contributed by atoms with Gasteiger partial charge in [-0.05, 0) is 50.4 Å². The summed E-state index contributed by atoms with van der Waals surface area (Å²) in [5.41, 5.74) is 1.42. The third-order valence-electron chi connectivity index (χ3n) is 3.45. The van der Waals surface area contributed by atoms with Crippen LogP contribution < -0.4 is 10.9 Å². The molecule has 0 fully saturated rings. The zero-order valence-corrected chi connectivity index (χ0v) is 13.4. The average molecular weight is 327 g/mol. The Morgan fingerprint density at radius 3 is 2.73 bits per heavy atom. The number of halogens is 1. The van der Waals surface area contributed by atoms with Crippen molar-refractivity contribution in [1.29, 1.82) is 0 Å². The predicted octanol–water partition coefficient (Wildman–Crippen LogP) is 1.95. The van der Waals surface area contributed by atoms with Crippen LogP contribution in [0.1, 0.15) is 25.3 Å². The molecular weight excluding hydrogens is 304 g/mol. The smallest absolute Gasteiger partial charge is 0.248 e. The number of aromatic hydroxyl groups is 1. The maximum absolute atomic E-state index is 11.3. The molecule has 0 aliphatic rings. The third kappa shape index (κ3) is 5.02. The van der Waals surface area contributed by atoms with Gasteiger partial charge in [0.1, 0.15) is 5.75 Å². The average Bonchev–Trinajstić information content (AvgIpc) is 2.45. The maximum Gasteiger partial charge on any atom is 0.248 e. The van der Waals surface area contributed by atoms with Crippen molar-refractivity contribution in [3.8, 4) is 5.75 Å². The Morgan fingerprint density at radius 2 is 2.00 bits per heavy atom. The molecule has 122 valence electrons. The van der Waals surface area contributed by atoms with Crippen LogP contribution >= 0.6 is 12.4 Å². The van der Waals surface area contributed by atoms with E-state index in [4.69, 9.17) is 5.11 Å². The molecule has 0 saturated carbocycles. The highest BCUT2D eigenvalue weighted by Crippen LogP contribution is 2.25. The molecule has 2 aromatic rings. The minimum absolute atomic E-state index is 0. The lowest BCUT2D eigenvalue weighted by atomic mass is 10.0. The number of aromatic nitrogens is 1.